The molecule has 1 aromatic heterocycles. The van der Waals surface area contributed by atoms with Crippen molar-refractivity contribution in [3.8, 4) is 5.69 Å². The number of carbonyl (C=O) groups excluding carboxylic acids is 1. The van der Waals surface area contributed by atoms with E-state index in [4.69, 9.17) is 10.5 Å². The highest BCUT2D eigenvalue weighted by atomic mass is 32.2. The molecule has 7 nitrogen and oxygen atoms in total. The van der Waals surface area contributed by atoms with Gasteiger partial charge in [0.05, 0.1) is 11.8 Å². The number of anilines is 1. The summed E-state index contributed by atoms with van der Waals surface area (Å²) >= 11 is 1.62. The third-order valence-electron chi connectivity index (χ3n) is 3.73. The van der Waals surface area contributed by atoms with E-state index in [2.05, 4.69) is 15.6 Å². The molecule has 1 amide bonds. The summed E-state index contributed by atoms with van der Waals surface area (Å²) < 4.78 is 6.95. The largest absolute Gasteiger partial charge is 0.382 e. The number of rotatable bonds is 5. The van der Waals surface area contributed by atoms with Crippen LogP contribution in [0.5, 0.6) is 0 Å². The van der Waals surface area contributed by atoms with Crippen molar-refractivity contribution in [3.05, 3.63) is 30.0 Å². The van der Waals surface area contributed by atoms with E-state index < -0.39 is 0 Å². The summed E-state index contributed by atoms with van der Waals surface area (Å²) in [5, 5.41) is 10.7. The summed E-state index contributed by atoms with van der Waals surface area (Å²) in [4.78, 5) is 13.3. The summed E-state index contributed by atoms with van der Waals surface area (Å²) in [6.07, 6.45) is 4.07. The monoisotopic (exact) mass is 333 g/mol. The smallest absolute Gasteiger partial charge is 0.275 e. The number of nitrogens with zero attached hydrogens (tertiary/aromatic N) is 3. The van der Waals surface area contributed by atoms with E-state index in [1.165, 1.54) is 4.68 Å². The number of ether oxygens (including phenoxy) is 1. The molecule has 8 heteroatoms. The molecule has 1 saturated heterocycles. The minimum atomic E-state index is -0.328. The second-order valence-electron chi connectivity index (χ2n) is 5.28. The van der Waals surface area contributed by atoms with Crippen molar-refractivity contribution in [2.75, 3.05) is 25.1 Å². The fraction of sp³-hybridized carbons (Fsp3) is 0.400. The van der Waals surface area contributed by atoms with E-state index >= 15 is 0 Å². The standard InChI is InChI=1S/C15H19N5O2S/c1-23-12-6-2-4-10(8-12)20-14(16)13(18-19-20)15(21)17-9-11-5-3-7-22-11/h2,4,6,8,11H,3,5,7,9,16H2,1H3,(H,17,21). The molecule has 1 fully saturated rings. The predicted molar refractivity (Wildman–Crippen MR) is 88.9 cm³/mol. The molecule has 3 N–H and O–H groups in total. The van der Waals surface area contributed by atoms with Gasteiger partial charge in [-0.3, -0.25) is 4.79 Å². The van der Waals surface area contributed by atoms with Crippen molar-refractivity contribution in [2.45, 2.75) is 23.8 Å². The van der Waals surface area contributed by atoms with Gasteiger partial charge in [-0.15, -0.1) is 16.9 Å². The van der Waals surface area contributed by atoms with Crippen LogP contribution in [0.4, 0.5) is 5.82 Å². The van der Waals surface area contributed by atoms with E-state index in [0.717, 1.165) is 30.0 Å². The Balaban J connectivity index is 1.74. The first-order valence-electron chi connectivity index (χ1n) is 7.44. The number of nitrogens with two attached hydrogens (primary N) is 1. The Morgan fingerprint density at radius 3 is 3.17 bits per heavy atom. The van der Waals surface area contributed by atoms with E-state index in [1.54, 1.807) is 11.8 Å². The Kier molecular flexibility index (Phi) is 4.82. The van der Waals surface area contributed by atoms with Crippen molar-refractivity contribution in [1.82, 2.24) is 20.3 Å². The van der Waals surface area contributed by atoms with Crippen LogP contribution in [0.3, 0.4) is 0 Å². The van der Waals surface area contributed by atoms with Crippen molar-refractivity contribution < 1.29 is 9.53 Å². The van der Waals surface area contributed by atoms with Gasteiger partial charge in [-0.25, -0.2) is 0 Å². The van der Waals surface area contributed by atoms with E-state index in [9.17, 15) is 4.79 Å². The second-order valence-corrected chi connectivity index (χ2v) is 6.16. The highest BCUT2D eigenvalue weighted by Crippen LogP contribution is 2.21. The molecule has 0 aliphatic carbocycles. The molecule has 122 valence electrons. The first kappa shape index (κ1) is 15.8. The molecule has 2 heterocycles. The van der Waals surface area contributed by atoms with Crippen LogP contribution < -0.4 is 11.1 Å². The van der Waals surface area contributed by atoms with Crippen molar-refractivity contribution >= 4 is 23.5 Å². The van der Waals surface area contributed by atoms with Crippen LogP contribution in [0, 0.1) is 0 Å². The summed E-state index contributed by atoms with van der Waals surface area (Å²) in [5.74, 6) is -0.0987. The maximum Gasteiger partial charge on any atom is 0.275 e. The van der Waals surface area contributed by atoms with Crippen LogP contribution in [-0.4, -0.2) is 46.4 Å². The Bertz CT molecular complexity index is 697. The van der Waals surface area contributed by atoms with Gasteiger partial charge in [-0.05, 0) is 37.3 Å². The molecular formula is C15H19N5O2S. The first-order valence-corrected chi connectivity index (χ1v) is 8.67. The van der Waals surface area contributed by atoms with Crippen LogP contribution in [0.2, 0.25) is 0 Å². The van der Waals surface area contributed by atoms with Gasteiger partial charge >= 0.3 is 0 Å². The number of carbonyl (C=O) groups is 1. The number of thioether (sulfide) groups is 1. The first-order chi connectivity index (χ1) is 11.2. The molecule has 1 atom stereocenters. The second kappa shape index (κ2) is 7.01. The molecule has 0 bridgehead atoms. The molecule has 0 saturated carbocycles. The maximum absolute atomic E-state index is 12.2. The maximum atomic E-state index is 12.2. The highest BCUT2D eigenvalue weighted by molar-refractivity contribution is 7.98. The fourth-order valence-corrected chi connectivity index (χ4v) is 2.93. The van der Waals surface area contributed by atoms with Gasteiger partial charge < -0.3 is 15.8 Å². The summed E-state index contributed by atoms with van der Waals surface area (Å²) in [7, 11) is 0. The summed E-state index contributed by atoms with van der Waals surface area (Å²) in [6.45, 7) is 1.22. The fourth-order valence-electron chi connectivity index (χ4n) is 2.48. The molecule has 1 aliphatic rings. The van der Waals surface area contributed by atoms with Gasteiger partial charge in [0.15, 0.2) is 11.5 Å². The lowest BCUT2D eigenvalue weighted by atomic mass is 10.2. The Morgan fingerprint density at radius 1 is 1.57 bits per heavy atom. The van der Waals surface area contributed by atoms with Crippen molar-refractivity contribution in [2.24, 2.45) is 0 Å². The predicted octanol–water partition coefficient (Wildman–Crippen LogP) is 1.48. The molecule has 1 aliphatic heterocycles. The zero-order valence-corrected chi connectivity index (χ0v) is 13.7. The number of benzene rings is 1. The van der Waals surface area contributed by atoms with E-state index in [0.29, 0.717) is 6.54 Å². The lowest BCUT2D eigenvalue weighted by molar-refractivity contribution is 0.0854. The lowest BCUT2D eigenvalue weighted by Crippen LogP contribution is -2.32. The van der Waals surface area contributed by atoms with Crippen LogP contribution >= 0.6 is 11.8 Å². The number of amides is 1. The minimum absolute atomic E-state index is 0.0773. The van der Waals surface area contributed by atoms with Crippen molar-refractivity contribution in [1.29, 1.82) is 0 Å². The lowest BCUT2D eigenvalue weighted by Gasteiger charge is -2.10. The molecular weight excluding hydrogens is 314 g/mol. The quantitative estimate of drug-likeness (QED) is 0.805. The third-order valence-corrected chi connectivity index (χ3v) is 4.46. The number of aromatic nitrogens is 3. The number of hydrogen-bond donors (Lipinski definition) is 2. The molecule has 23 heavy (non-hydrogen) atoms. The topological polar surface area (TPSA) is 95.1 Å². The average Bonchev–Trinajstić information content (AvgIpc) is 3.22. The minimum Gasteiger partial charge on any atom is -0.382 e. The van der Waals surface area contributed by atoms with Crippen LogP contribution in [-0.2, 0) is 4.74 Å². The number of nitrogen functional groups attached to an aromatic ring is 1. The molecule has 1 aromatic carbocycles. The average molecular weight is 333 g/mol. The van der Waals surface area contributed by atoms with E-state index in [-0.39, 0.29) is 23.5 Å². The zero-order chi connectivity index (χ0) is 16.2. The summed E-state index contributed by atoms with van der Waals surface area (Å²) in [6, 6.07) is 7.73. The molecule has 1 unspecified atom stereocenters. The van der Waals surface area contributed by atoms with Crippen LogP contribution in [0.1, 0.15) is 23.3 Å². The molecule has 2 aromatic rings. The highest BCUT2D eigenvalue weighted by Gasteiger charge is 2.21. The molecule has 0 radical (unpaired) electrons. The normalized spacial score (nSPS) is 17.3. The van der Waals surface area contributed by atoms with Gasteiger partial charge in [0.1, 0.15) is 0 Å². The Morgan fingerprint density at radius 2 is 2.43 bits per heavy atom. The SMILES string of the molecule is CSc1cccc(-n2nnc(C(=O)NCC3CCCO3)c2N)c1. The third kappa shape index (κ3) is 3.48. The van der Waals surface area contributed by atoms with Gasteiger partial charge in [0.25, 0.3) is 5.91 Å². The van der Waals surface area contributed by atoms with E-state index in [1.807, 2.05) is 30.5 Å². The number of nitrogens with one attached hydrogen (secondary N) is 1. The zero-order valence-electron chi connectivity index (χ0n) is 12.9. The van der Waals surface area contributed by atoms with Gasteiger partial charge in [0, 0.05) is 18.0 Å². The van der Waals surface area contributed by atoms with Crippen molar-refractivity contribution in [3.63, 3.8) is 0 Å². The molecule has 3 rings (SSSR count). The number of hydrogen-bond acceptors (Lipinski definition) is 6. The Hall–Kier alpha value is -2.06. The van der Waals surface area contributed by atoms with Crippen LogP contribution in [0.15, 0.2) is 29.2 Å². The Labute approximate surface area is 138 Å². The summed E-state index contributed by atoms with van der Waals surface area (Å²) in [5.41, 5.74) is 6.97. The van der Waals surface area contributed by atoms with Gasteiger partial charge in [0.2, 0.25) is 0 Å². The van der Waals surface area contributed by atoms with Gasteiger partial charge in [-0.1, -0.05) is 11.3 Å². The van der Waals surface area contributed by atoms with Gasteiger partial charge in [-0.2, -0.15) is 4.68 Å². The van der Waals surface area contributed by atoms with Crippen LogP contribution in [0.25, 0.3) is 5.69 Å². The molecule has 0 spiro atoms.